The van der Waals surface area contributed by atoms with E-state index in [0.29, 0.717) is 42.2 Å². The molecule has 4 aromatic rings. The SMILES string of the molecule is Cc1cn(-c2cc(F)c(/C=C/c3nc4n(n3)CCC[C@@]4(O)c3ccc(F)cc3)cc2C)cn1. The van der Waals surface area contributed by atoms with Crippen molar-refractivity contribution in [1.82, 2.24) is 24.3 Å². The van der Waals surface area contributed by atoms with E-state index >= 15 is 0 Å². The van der Waals surface area contributed by atoms with Crippen LogP contribution < -0.4 is 0 Å². The molecule has 8 heteroatoms. The molecule has 0 radical (unpaired) electrons. The van der Waals surface area contributed by atoms with Gasteiger partial charge in [0.05, 0.1) is 17.7 Å². The van der Waals surface area contributed by atoms with E-state index in [-0.39, 0.29) is 11.6 Å². The normalized spacial score (nSPS) is 18.1. The van der Waals surface area contributed by atoms with Crippen LogP contribution in [0.2, 0.25) is 0 Å². The maximum absolute atomic E-state index is 14.8. The minimum Gasteiger partial charge on any atom is -0.377 e. The number of rotatable bonds is 4. The van der Waals surface area contributed by atoms with Gasteiger partial charge in [-0.15, -0.1) is 0 Å². The van der Waals surface area contributed by atoms with Crippen molar-refractivity contribution in [3.8, 4) is 5.69 Å². The first-order valence-corrected chi connectivity index (χ1v) is 10.8. The molecule has 0 saturated heterocycles. The largest absolute Gasteiger partial charge is 0.377 e. The molecule has 2 aromatic carbocycles. The summed E-state index contributed by atoms with van der Waals surface area (Å²) < 4.78 is 31.7. The van der Waals surface area contributed by atoms with Crippen molar-refractivity contribution in [3.05, 3.63) is 94.6 Å². The lowest BCUT2D eigenvalue weighted by Crippen LogP contribution is -2.35. The molecule has 5 rings (SSSR count). The smallest absolute Gasteiger partial charge is 0.174 e. The second-order valence-electron chi connectivity index (χ2n) is 8.40. The highest BCUT2D eigenvalue weighted by atomic mass is 19.1. The Morgan fingerprint density at radius 2 is 1.88 bits per heavy atom. The number of aryl methyl sites for hydroxylation is 3. The van der Waals surface area contributed by atoms with Gasteiger partial charge in [-0.1, -0.05) is 12.1 Å². The number of nitrogens with zero attached hydrogens (tertiary/aromatic N) is 5. The van der Waals surface area contributed by atoms with Gasteiger partial charge < -0.3 is 9.67 Å². The van der Waals surface area contributed by atoms with Crippen LogP contribution in [0.5, 0.6) is 0 Å². The number of benzene rings is 2. The summed E-state index contributed by atoms with van der Waals surface area (Å²) in [6, 6.07) is 9.02. The molecule has 1 aliphatic rings. The number of imidazole rings is 1. The Morgan fingerprint density at radius 1 is 1.09 bits per heavy atom. The summed E-state index contributed by atoms with van der Waals surface area (Å²) in [6.07, 6.45) is 7.94. The van der Waals surface area contributed by atoms with Crippen LogP contribution in [0.1, 0.15) is 46.9 Å². The van der Waals surface area contributed by atoms with Gasteiger partial charge in [-0.05, 0) is 74.2 Å². The fourth-order valence-electron chi connectivity index (χ4n) is 4.30. The van der Waals surface area contributed by atoms with E-state index in [1.807, 2.05) is 20.0 Å². The average molecular weight is 447 g/mol. The third-order valence-corrected chi connectivity index (χ3v) is 6.01. The Morgan fingerprint density at radius 3 is 2.61 bits per heavy atom. The second-order valence-corrected chi connectivity index (χ2v) is 8.40. The van der Waals surface area contributed by atoms with Crippen molar-refractivity contribution in [2.24, 2.45) is 0 Å². The lowest BCUT2D eigenvalue weighted by molar-refractivity contribution is 0.0394. The maximum Gasteiger partial charge on any atom is 0.174 e. The number of aliphatic hydroxyl groups is 1. The van der Waals surface area contributed by atoms with Gasteiger partial charge in [0.1, 0.15) is 17.2 Å². The molecule has 0 aliphatic carbocycles. The van der Waals surface area contributed by atoms with Gasteiger partial charge in [0.15, 0.2) is 11.6 Å². The number of fused-ring (bicyclic) bond motifs is 1. The van der Waals surface area contributed by atoms with Gasteiger partial charge in [0.25, 0.3) is 0 Å². The predicted octanol–water partition coefficient (Wildman–Crippen LogP) is 4.56. The molecular weight excluding hydrogens is 424 g/mol. The van der Waals surface area contributed by atoms with Crippen molar-refractivity contribution < 1.29 is 13.9 Å². The molecule has 2 aromatic heterocycles. The highest BCUT2D eigenvalue weighted by Crippen LogP contribution is 2.36. The van der Waals surface area contributed by atoms with Gasteiger partial charge in [-0.25, -0.2) is 23.4 Å². The topological polar surface area (TPSA) is 68.8 Å². The molecule has 6 nitrogen and oxygen atoms in total. The van der Waals surface area contributed by atoms with E-state index in [1.54, 1.807) is 45.9 Å². The quantitative estimate of drug-likeness (QED) is 0.498. The minimum atomic E-state index is -1.35. The first-order chi connectivity index (χ1) is 15.8. The molecule has 0 bridgehead atoms. The summed E-state index contributed by atoms with van der Waals surface area (Å²) in [5, 5.41) is 15.8. The summed E-state index contributed by atoms with van der Waals surface area (Å²) in [5.41, 5.74) is 2.11. The Kier molecular flexibility index (Phi) is 5.17. The summed E-state index contributed by atoms with van der Waals surface area (Å²) >= 11 is 0. The van der Waals surface area contributed by atoms with Gasteiger partial charge in [-0.3, -0.25) is 0 Å². The second kappa shape index (κ2) is 8.04. The number of halogens is 2. The highest BCUT2D eigenvalue weighted by molar-refractivity contribution is 5.68. The zero-order valence-electron chi connectivity index (χ0n) is 18.3. The summed E-state index contributed by atoms with van der Waals surface area (Å²) in [4.78, 5) is 8.72. The summed E-state index contributed by atoms with van der Waals surface area (Å²) in [6.45, 7) is 4.41. The fraction of sp³-hybridized carbons (Fsp3) is 0.240. The molecule has 1 aliphatic heterocycles. The van der Waals surface area contributed by atoms with Crippen molar-refractivity contribution in [3.63, 3.8) is 0 Å². The van der Waals surface area contributed by atoms with E-state index in [4.69, 9.17) is 0 Å². The van der Waals surface area contributed by atoms with Gasteiger partial charge in [0, 0.05) is 18.3 Å². The van der Waals surface area contributed by atoms with Crippen molar-refractivity contribution in [2.75, 3.05) is 0 Å². The third kappa shape index (κ3) is 3.87. The standard InChI is InChI=1S/C25H23F2N5O/c1-16-12-18(21(27)13-22(16)31-14-17(2)28-15-31)4-9-23-29-24-25(33,10-3-11-32(24)30-23)19-5-7-20(26)8-6-19/h4-9,12-15,33H,3,10-11H2,1-2H3/b9-4+/t25-/m1/s1. The maximum atomic E-state index is 14.8. The zero-order valence-corrected chi connectivity index (χ0v) is 18.3. The van der Waals surface area contributed by atoms with E-state index < -0.39 is 5.60 Å². The van der Waals surface area contributed by atoms with Gasteiger partial charge >= 0.3 is 0 Å². The Balaban J connectivity index is 1.45. The molecule has 1 atom stereocenters. The van der Waals surface area contributed by atoms with E-state index in [2.05, 4.69) is 15.1 Å². The summed E-state index contributed by atoms with van der Waals surface area (Å²) in [5.74, 6) is 0.0426. The fourth-order valence-corrected chi connectivity index (χ4v) is 4.30. The molecule has 0 spiro atoms. The van der Waals surface area contributed by atoms with Crippen LogP contribution in [-0.2, 0) is 12.1 Å². The lowest BCUT2D eigenvalue weighted by Gasteiger charge is -2.31. The van der Waals surface area contributed by atoms with E-state index in [0.717, 1.165) is 16.9 Å². The number of aromatic nitrogens is 5. The minimum absolute atomic E-state index is 0.366. The van der Waals surface area contributed by atoms with Crippen molar-refractivity contribution in [1.29, 1.82) is 0 Å². The molecule has 3 heterocycles. The van der Waals surface area contributed by atoms with Crippen LogP contribution in [0.4, 0.5) is 8.78 Å². The Hall–Kier alpha value is -3.65. The number of hydrogen-bond acceptors (Lipinski definition) is 4. The lowest BCUT2D eigenvalue weighted by atomic mass is 9.86. The van der Waals surface area contributed by atoms with Crippen LogP contribution in [-0.4, -0.2) is 29.4 Å². The average Bonchev–Trinajstić information content (AvgIpc) is 3.41. The van der Waals surface area contributed by atoms with Crippen LogP contribution in [0.3, 0.4) is 0 Å². The van der Waals surface area contributed by atoms with Crippen LogP contribution >= 0.6 is 0 Å². The molecule has 33 heavy (non-hydrogen) atoms. The Labute approximate surface area is 189 Å². The molecule has 0 unspecified atom stereocenters. The molecular formula is C25H23F2N5O. The predicted molar refractivity (Wildman–Crippen MR) is 121 cm³/mol. The van der Waals surface area contributed by atoms with Crippen LogP contribution in [0.15, 0.2) is 48.9 Å². The molecule has 0 saturated carbocycles. The van der Waals surface area contributed by atoms with Crippen LogP contribution in [0, 0.1) is 25.5 Å². The highest BCUT2D eigenvalue weighted by Gasteiger charge is 2.39. The molecule has 0 amide bonds. The molecule has 0 fully saturated rings. The monoisotopic (exact) mass is 447 g/mol. The molecule has 168 valence electrons. The van der Waals surface area contributed by atoms with Crippen LogP contribution in [0.25, 0.3) is 17.8 Å². The first-order valence-electron chi connectivity index (χ1n) is 10.8. The van der Waals surface area contributed by atoms with E-state index in [1.165, 1.54) is 18.2 Å². The zero-order chi connectivity index (χ0) is 23.2. The summed E-state index contributed by atoms with van der Waals surface area (Å²) in [7, 11) is 0. The van der Waals surface area contributed by atoms with Gasteiger partial charge in [0.2, 0.25) is 0 Å². The van der Waals surface area contributed by atoms with Gasteiger partial charge in [-0.2, -0.15) is 5.10 Å². The Bertz CT molecular complexity index is 1360. The van der Waals surface area contributed by atoms with E-state index in [9.17, 15) is 13.9 Å². The third-order valence-electron chi connectivity index (χ3n) is 6.01. The van der Waals surface area contributed by atoms with Crippen molar-refractivity contribution in [2.45, 2.75) is 38.8 Å². The van der Waals surface area contributed by atoms with Crippen molar-refractivity contribution >= 4 is 12.2 Å². The number of hydrogen-bond donors (Lipinski definition) is 1. The first kappa shape index (κ1) is 21.2. The molecule has 1 N–H and O–H groups in total.